The molecule has 0 aromatic carbocycles. The zero-order chi connectivity index (χ0) is 13.8. The highest BCUT2D eigenvalue weighted by atomic mass is 16.6. The van der Waals surface area contributed by atoms with Crippen LogP contribution in [-0.2, 0) is 4.74 Å². The van der Waals surface area contributed by atoms with Crippen molar-refractivity contribution in [3.63, 3.8) is 0 Å². The first kappa shape index (κ1) is 14.6. The third-order valence-corrected chi connectivity index (χ3v) is 2.51. The molecule has 0 aliphatic rings. The first-order valence-corrected chi connectivity index (χ1v) is 6.08. The van der Waals surface area contributed by atoms with Crippen LogP contribution in [0.5, 0.6) is 0 Å². The quantitative estimate of drug-likeness (QED) is 0.864. The lowest BCUT2D eigenvalue weighted by Crippen LogP contribution is -2.39. The van der Waals surface area contributed by atoms with Gasteiger partial charge in [-0.15, -0.1) is 0 Å². The summed E-state index contributed by atoms with van der Waals surface area (Å²) in [5, 5.41) is 3.17. The number of nitrogens with zero attached hydrogens (tertiary/aromatic N) is 1. The Morgan fingerprint density at radius 2 is 2.22 bits per heavy atom. The second kappa shape index (κ2) is 5.91. The molecule has 102 valence electrons. The monoisotopic (exact) mass is 253 g/mol. The number of hydrogen-bond acceptors (Lipinski definition) is 3. The van der Waals surface area contributed by atoms with Crippen molar-refractivity contribution >= 4 is 6.09 Å². The highest BCUT2D eigenvalue weighted by molar-refractivity contribution is 5.67. The van der Waals surface area contributed by atoms with Crippen LogP contribution >= 0.6 is 0 Å². The van der Waals surface area contributed by atoms with Crippen molar-refractivity contribution in [1.29, 1.82) is 0 Å². The summed E-state index contributed by atoms with van der Waals surface area (Å²) in [5.41, 5.74) is 0.584. The Kier molecular flexibility index (Phi) is 4.78. The number of ether oxygens (including phenoxy) is 1. The molecule has 1 aromatic heterocycles. The summed E-state index contributed by atoms with van der Waals surface area (Å²) in [4.78, 5) is 16.6. The van der Waals surface area contributed by atoms with E-state index in [2.05, 4.69) is 10.3 Å². The zero-order valence-corrected chi connectivity index (χ0v) is 11.8. The smallest absolute Gasteiger partial charge is 0.410 e. The molecular weight excluding hydrogens is 230 g/mol. The molecule has 1 unspecified atom stereocenters. The fourth-order valence-corrected chi connectivity index (χ4v) is 1.59. The van der Waals surface area contributed by atoms with Gasteiger partial charge in [-0.25, -0.2) is 4.79 Å². The Morgan fingerprint density at radius 1 is 1.56 bits per heavy atom. The van der Waals surface area contributed by atoms with Crippen LogP contribution in [-0.4, -0.2) is 42.2 Å². The van der Waals surface area contributed by atoms with E-state index in [1.54, 1.807) is 11.9 Å². The summed E-state index contributed by atoms with van der Waals surface area (Å²) >= 11 is 0. The lowest BCUT2D eigenvalue weighted by molar-refractivity contribution is 0.0283. The highest BCUT2D eigenvalue weighted by Crippen LogP contribution is 2.14. The molecule has 5 heteroatoms. The Balaban J connectivity index is 2.57. The Hall–Kier alpha value is -1.49. The minimum atomic E-state index is -0.465. The van der Waals surface area contributed by atoms with Gasteiger partial charge in [0.25, 0.3) is 0 Å². The van der Waals surface area contributed by atoms with Gasteiger partial charge in [0.1, 0.15) is 5.60 Å². The van der Waals surface area contributed by atoms with Gasteiger partial charge in [-0.2, -0.15) is 0 Å². The second-order valence-corrected chi connectivity index (χ2v) is 5.33. The van der Waals surface area contributed by atoms with Crippen molar-refractivity contribution < 1.29 is 9.53 Å². The van der Waals surface area contributed by atoms with E-state index in [0.717, 1.165) is 5.69 Å². The standard InChI is InChI=1S/C13H23N3O2/c1-13(2,3)18-12(17)16(5)9-11(14-4)10-7-6-8-15-10/h6-8,11,14-15H,9H2,1-5H3. The number of amides is 1. The first-order valence-electron chi connectivity index (χ1n) is 6.08. The maximum Gasteiger partial charge on any atom is 0.410 e. The fourth-order valence-electron chi connectivity index (χ4n) is 1.59. The summed E-state index contributed by atoms with van der Waals surface area (Å²) < 4.78 is 5.31. The van der Waals surface area contributed by atoms with E-state index in [9.17, 15) is 4.79 Å². The molecule has 5 nitrogen and oxygen atoms in total. The summed E-state index contributed by atoms with van der Waals surface area (Å²) in [5.74, 6) is 0. The van der Waals surface area contributed by atoms with Crippen molar-refractivity contribution in [2.75, 3.05) is 20.6 Å². The van der Waals surface area contributed by atoms with Gasteiger partial charge in [0.15, 0.2) is 0 Å². The Labute approximate surface area is 109 Å². The maximum absolute atomic E-state index is 11.8. The zero-order valence-electron chi connectivity index (χ0n) is 11.8. The van der Waals surface area contributed by atoms with Crippen LogP contribution < -0.4 is 5.32 Å². The molecule has 18 heavy (non-hydrogen) atoms. The SMILES string of the molecule is CNC(CN(C)C(=O)OC(C)(C)C)c1ccc[nH]1. The molecule has 1 rings (SSSR count). The predicted octanol–water partition coefficient (Wildman–Crippen LogP) is 2.14. The van der Waals surface area contributed by atoms with E-state index in [1.165, 1.54) is 0 Å². The lowest BCUT2D eigenvalue weighted by atomic mass is 10.2. The molecule has 0 fully saturated rings. The van der Waals surface area contributed by atoms with Crippen LogP contribution in [0, 0.1) is 0 Å². The van der Waals surface area contributed by atoms with Crippen LogP contribution in [0.1, 0.15) is 32.5 Å². The van der Waals surface area contributed by atoms with Crippen LogP contribution in [0.4, 0.5) is 4.79 Å². The molecule has 0 radical (unpaired) electrons. The number of aromatic amines is 1. The molecule has 0 bridgehead atoms. The van der Waals surface area contributed by atoms with Crippen molar-refractivity contribution in [2.24, 2.45) is 0 Å². The number of nitrogens with one attached hydrogen (secondary N) is 2. The number of rotatable bonds is 4. The minimum Gasteiger partial charge on any atom is -0.444 e. The Bertz CT molecular complexity index is 368. The molecule has 0 saturated carbocycles. The summed E-state index contributed by atoms with van der Waals surface area (Å²) in [7, 11) is 3.61. The van der Waals surface area contributed by atoms with Gasteiger partial charge < -0.3 is 19.9 Å². The normalized spacial score (nSPS) is 13.2. The summed E-state index contributed by atoms with van der Waals surface area (Å²) in [6, 6.07) is 3.99. The number of hydrogen-bond donors (Lipinski definition) is 2. The third-order valence-electron chi connectivity index (χ3n) is 2.51. The molecule has 1 heterocycles. The van der Waals surface area contributed by atoms with E-state index in [-0.39, 0.29) is 12.1 Å². The molecule has 2 N–H and O–H groups in total. The number of H-pyrrole nitrogens is 1. The predicted molar refractivity (Wildman–Crippen MR) is 71.5 cm³/mol. The Morgan fingerprint density at radius 3 is 2.67 bits per heavy atom. The molecule has 1 atom stereocenters. The van der Waals surface area contributed by atoms with E-state index >= 15 is 0 Å². The molecular formula is C13H23N3O2. The van der Waals surface area contributed by atoms with Gasteiger partial charge in [-0.1, -0.05) is 0 Å². The van der Waals surface area contributed by atoms with Crippen molar-refractivity contribution in [3.05, 3.63) is 24.0 Å². The first-order chi connectivity index (χ1) is 8.33. The van der Waals surface area contributed by atoms with Gasteiger partial charge in [0.05, 0.1) is 6.04 Å². The van der Waals surface area contributed by atoms with E-state index in [1.807, 2.05) is 46.1 Å². The van der Waals surface area contributed by atoms with Crippen LogP contribution in [0.3, 0.4) is 0 Å². The average Bonchev–Trinajstić information content (AvgIpc) is 2.76. The number of aromatic nitrogens is 1. The van der Waals surface area contributed by atoms with E-state index in [4.69, 9.17) is 4.74 Å². The molecule has 0 aliphatic heterocycles. The van der Waals surface area contributed by atoms with Crippen LogP contribution in [0.15, 0.2) is 18.3 Å². The maximum atomic E-state index is 11.8. The number of carbonyl (C=O) groups is 1. The topological polar surface area (TPSA) is 57.4 Å². The molecule has 1 amide bonds. The van der Waals surface area contributed by atoms with Gasteiger partial charge >= 0.3 is 6.09 Å². The lowest BCUT2D eigenvalue weighted by Gasteiger charge is -2.27. The van der Waals surface area contributed by atoms with E-state index < -0.39 is 5.60 Å². The van der Waals surface area contributed by atoms with Crippen LogP contribution in [0.2, 0.25) is 0 Å². The molecule has 0 saturated heterocycles. The number of carbonyl (C=O) groups excluding carboxylic acids is 1. The van der Waals surface area contributed by atoms with Gasteiger partial charge in [-0.3, -0.25) is 0 Å². The third kappa shape index (κ3) is 4.41. The largest absolute Gasteiger partial charge is 0.444 e. The molecule has 0 spiro atoms. The highest BCUT2D eigenvalue weighted by Gasteiger charge is 2.22. The second-order valence-electron chi connectivity index (χ2n) is 5.33. The van der Waals surface area contributed by atoms with Crippen molar-refractivity contribution in [1.82, 2.24) is 15.2 Å². The summed E-state index contributed by atoms with van der Waals surface area (Å²) in [6.45, 7) is 6.13. The van der Waals surface area contributed by atoms with Crippen molar-refractivity contribution in [2.45, 2.75) is 32.4 Å². The fraction of sp³-hybridized carbons (Fsp3) is 0.615. The van der Waals surface area contributed by atoms with Gasteiger partial charge in [0, 0.05) is 25.5 Å². The number of likely N-dealkylation sites (N-methyl/N-ethyl adjacent to an activating group) is 2. The van der Waals surface area contributed by atoms with Gasteiger partial charge in [-0.05, 0) is 40.0 Å². The molecule has 1 aromatic rings. The van der Waals surface area contributed by atoms with Gasteiger partial charge in [0.2, 0.25) is 0 Å². The minimum absolute atomic E-state index is 0.0671. The van der Waals surface area contributed by atoms with Crippen LogP contribution in [0.25, 0.3) is 0 Å². The molecule has 0 aliphatic carbocycles. The average molecular weight is 253 g/mol. The summed E-state index contributed by atoms with van der Waals surface area (Å²) in [6.07, 6.45) is 1.56. The van der Waals surface area contributed by atoms with Crippen molar-refractivity contribution in [3.8, 4) is 0 Å². The van der Waals surface area contributed by atoms with E-state index in [0.29, 0.717) is 6.54 Å².